The molecule has 4 aromatic rings. The fraction of sp³-hybridized carbons (Fsp3) is 0.348. The van der Waals surface area contributed by atoms with Crippen LogP contribution in [0.4, 0.5) is 23.2 Å². The number of alkyl halides is 4. The lowest BCUT2D eigenvalue weighted by atomic mass is 10.1. The molecule has 0 unspecified atom stereocenters. The zero-order valence-corrected chi connectivity index (χ0v) is 20.3. The Balaban J connectivity index is 1.49. The zero-order valence-electron chi connectivity index (χ0n) is 19.5. The van der Waals surface area contributed by atoms with Crippen molar-refractivity contribution in [2.75, 3.05) is 20.1 Å². The van der Waals surface area contributed by atoms with Gasteiger partial charge in [0.1, 0.15) is 11.4 Å². The molecule has 0 bridgehead atoms. The molecule has 37 heavy (non-hydrogen) atoms. The summed E-state index contributed by atoms with van der Waals surface area (Å²) in [5, 5.41) is 6.85. The molecule has 5 rings (SSSR count). The number of piperidine rings is 1. The van der Waals surface area contributed by atoms with Crippen LogP contribution in [0.25, 0.3) is 22.4 Å². The Hall–Kier alpha value is -3.65. The van der Waals surface area contributed by atoms with Crippen molar-refractivity contribution < 1.29 is 26.9 Å². The lowest BCUT2D eigenvalue weighted by Gasteiger charge is -2.26. The number of benzene rings is 1. The fourth-order valence-electron chi connectivity index (χ4n) is 4.12. The molecule has 1 fully saturated rings. The Kier molecular flexibility index (Phi) is 6.77. The predicted molar refractivity (Wildman–Crippen MR) is 129 cm³/mol. The number of halogens is 4. The zero-order chi connectivity index (χ0) is 26.2. The highest BCUT2D eigenvalue weighted by molar-refractivity contribution is 7.11. The van der Waals surface area contributed by atoms with Crippen molar-refractivity contribution in [1.82, 2.24) is 29.9 Å². The van der Waals surface area contributed by atoms with Crippen LogP contribution in [0.1, 0.15) is 22.0 Å². The average molecular weight is 536 g/mol. The molecule has 1 aromatic carbocycles. The summed E-state index contributed by atoms with van der Waals surface area (Å²) in [6.45, 7) is -0.566. The topological polar surface area (TPSA) is 101 Å². The third kappa shape index (κ3) is 5.54. The number of nitrogens with zero attached hydrogens (tertiary/aromatic N) is 6. The van der Waals surface area contributed by atoms with Crippen molar-refractivity contribution in [3.63, 3.8) is 0 Å². The van der Waals surface area contributed by atoms with E-state index in [1.807, 2.05) is 11.9 Å². The molecule has 194 valence electrons. The first-order valence-electron chi connectivity index (χ1n) is 11.3. The smallest absolute Gasteiger partial charge is 0.342 e. The van der Waals surface area contributed by atoms with E-state index in [-0.39, 0.29) is 36.0 Å². The fourth-order valence-corrected chi connectivity index (χ4v) is 4.65. The van der Waals surface area contributed by atoms with E-state index in [0.29, 0.717) is 34.6 Å². The van der Waals surface area contributed by atoms with Gasteiger partial charge >= 0.3 is 6.18 Å². The van der Waals surface area contributed by atoms with Gasteiger partial charge in [-0.3, -0.25) is 14.8 Å². The van der Waals surface area contributed by atoms with E-state index < -0.39 is 24.8 Å². The summed E-state index contributed by atoms with van der Waals surface area (Å²) in [4.78, 5) is 26.9. The van der Waals surface area contributed by atoms with Gasteiger partial charge in [-0.05, 0) is 25.2 Å². The van der Waals surface area contributed by atoms with Crippen LogP contribution >= 0.6 is 11.3 Å². The second kappa shape index (κ2) is 10.0. The van der Waals surface area contributed by atoms with Crippen molar-refractivity contribution in [1.29, 1.82) is 0 Å². The molecule has 1 aliphatic rings. The standard InChI is InChI=1S/C23H21F4N7O2S/c1-33-6-5-16(14(24)10-33)30-15-3-2-4-17-13(15)7-18(34(17)11-23(25,26)27)21-31-20(36-32-21)9-29-22(35)19-8-28-12-37-19/h2-4,7-8,12,14H,5-6,9-11H2,1H3,(H,29,35)/b30-16+/t14-/m0/s1. The van der Waals surface area contributed by atoms with Gasteiger partial charge in [-0.2, -0.15) is 18.2 Å². The highest BCUT2D eigenvalue weighted by atomic mass is 32.1. The Morgan fingerprint density at radius 1 is 1.35 bits per heavy atom. The number of thiazole rings is 1. The van der Waals surface area contributed by atoms with Gasteiger partial charge in [-0.25, -0.2) is 4.39 Å². The Morgan fingerprint density at radius 2 is 2.19 bits per heavy atom. The highest BCUT2D eigenvalue weighted by Gasteiger charge is 2.31. The lowest BCUT2D eigenvalue weighted by molar-refractivity contribution is -0.139. The number of fused-ring (bicyclic) bond motifs is 1. The minimum Gasteiger partial charge on any atom is -0.342 e. The summed E-state index contributed by atoms with van der Waals surface area (Å²) in [7, 11) is 1.82. The van der Waals surface area contributed by atoms with Gasteiger partial charge in [-0.1, -0.05) is 11.2 Å². The second-order valence-corrected chi connectivity index (χ2v) is 9.47. The molecule has 1 amide bonds. The third-order valence-corrected chi connectivity index (χ3v) is 6.63. The number of hydrogen-bond donors (Lipinski definition) is 1. The maximum absolute atomic E-state index is 14.6. The molecule has 0 spiro atoms. The number of hydrogen-bond acceptors (Lipinski definition) is 8. The third-order valence-electron chi connectivity index (χ3n) is 5.86. The van der Waals surface area contributed by atoms with Crippen LogP contribution in [0.2, 0.25) is 0 Å². The molecule has 4 heterocycles. The minimum atomic E-state index is -4.53. The van der Waals surface area contributed by atoms with Crippen molar-refractivity contribution in [3.8, 4) is 11.5 Å². The van der Waals surface area contributed by atoms with Crippen LogP contribution in [-0.2, 0) is 13.1 Å². The van der Waals surface area contributed by atoms with Crippen LogP contribution in [0.3, 0.4) is 0 Å². The number of nitrogens with one attached hydrogen (secondary N) is 1. The van der Waals surface area contributed by atoms with Crippen molar-refractivity contribution in [2.45, 2.75) is 31.9 Å². The Bertz CT molecular complexity index is 1450. The van der Waals surface area contributed by atoms with Gasteiger partial charge in [0, 0.05) is 24.9 Å². The van der Waals surface area contributed by atoms with Crippen LogP contribution < -0.4 is 5.32 Å². The van der Waals surface area contributed by atoms with E-state index in [2.05, 4.69) is 25.4 Å². The van der Waals surface area contributed by atoms with E-state index in [4.69, 9.17) is 4.52 Å². The van der Waals surface area contributed by atoms with Crippen LogP contribution in [-0.4, -0.2) is 68.7 Å². The van der Waals surface area contributed by atoms with Gasteiger partial charge in [0.15, 0.2) is 6.17 Å². The Morgan fingerprint density at radius 3 is 2.92 bits per heavy atom. The normalized spacial score (nSPS) is 18.1. The number of carbonyl (C=O) groups excluding carboxylic acids is 1. The number of likely N-dealkylation sites (tertiary alicyclic amines) is 1. The van der Waals surface area contributed by atoms with Gasteiger partial charge in [0.25, 0.3) is 5.91 Å². The largest absolute Gasteiger partial charge is 0.406 e. The molecule has 14 heteroatoms. The van der Waals surface area contributed by atoms with E-state index in [0.717, 1.165) is 15.9 Å². The molecular formula is C23H21F4N7O2S. The number of rotatable bonds is 6. The molecule has 3 aromatic heterocycles. The summed E-state index contributed by atoms with van der Waals surface area (Å²) < 4.78 is 61.4. The average Bonchev–Trinajstić information content (AvgIpc) is 3.59. The van der Waals surface area contributed by atoms with Gasteiger partial charge in [0.2, 0.25) is 11.7 Å². The minimum absolute atomic E-state index is 0.0174. The summed E-state index contributed by atoms with van der Waals surface area (Å²) in [6.07, 6.45) is -3.96. The molecule has 1 aliphatic heterocycles. The first kappa shape index (κ1) is 25.0. The summed E-state index contributed by atoms with van der Waals surface area (Å²) in [5.74, 6) is -0.454. The summed E-state index contributed by atoms with van der Waals surface area (Å²) in [6, 6.07) is 6.25. The number of aromatic nitrogens is 4. The predicted octanol–water partition coefficient (Wildman–Crippen LogP) is 4.39. The van der Waals surface area contributed by atoms with Gasteiger partial charge in [0.05, 0.1) is 40.9 Å². The maximum atomic E-state index is 14.6. The van der Waals surface area contributed by atoms with Gasteiger partial charge in [-0.15, -0.1) is 11.3 Å². The van der Waals surface area contributed by atoms with Crippen molar-refractivity contribution in [2.24, 2.45) is 4.99 Å². The van der Waals surface area contributed by atoms with Crippen LogP contribution in [0.15, 0.2) is 45.5 Å². The SMILES string of the molecule is CN1CC/C(=N\c2cccc3c2cc(-c2noc(CNC(=O)c4cncs4)n2)n3CC(F)(F)F)[C@@H](F)C1. The molecule has 1 atom stereocenters. The van der Waals surface area contributed by atoms with Gasteiger partial charge < -0.3 is 19.3 Å². The number of aliphatic imine (C=N–C) groups is 1. The Labute approximate surface area is 211 Å². The highest BCUT2D eigenvalue weighted by Crippen LogP contribution is 2.35. The number of carbonyl (C=O) groups is 1. The second-order valence-electron chi connectivity index (χ2n) is 8.58. The lowest BCUT2D eigenvalue weighted by Crippen LogP contribution is -2.39. The van der Waals surface area contributed by atoms with E-state index >= 15 is 0 Å². The first-order chi connectivity index (χ1) is 17.7. The molecule has 9 nitrogen and oxygen atoms in total. The van der Waals surface area contributed by atoms with Crippen LogP contribution in [0.5, 0.6) is 0 Å². The monoisotopic (exact) mass is 535 g/mol. The van der Waals surface area contributed by atoms with E-state index in [9.17, 15) is 22.4 Å². The molecule has 1 saturated heterocycles. The quantitative estimate of drug-likeness (QED) is 0.368. The van der Waals surface area contributed by atoms with E-state index in [1.54, 1.807) is 12.1 Å². The van der Waals surface area contributed by atoms with E-state index in [1.165, 1.54) is 23.8 Å². The summed E-state index contributed by atoms with van der Waals surface area (Å²) >= 11 is 1.16. The molecule has 0 saturated carbocycles. The van der Waals surface area contributed by atoms with Crippen LogP contribution in [0, 0.1) is 0 Å². The van der Waals surface area contributed by atoms with Crippen molar-refractivity contribution in [3.05, 3.63) is 46.7 Å². The summed E-state index contributed by atoms with van der Waals surface area (Å²) in [5.41, 5.74) is 2.54. The maximum Gasteiger partial charge on any atom is 0.406 e. The first-order valence-corrected chi connectivity index (χ1v) is 12.1. The number of amides is 1. The molecule has 0 aliphatic carbocycles. The molecule has 0 radical (unpaired) electrons. The molecular weight excluding hydrogens is 514 g/mol. The van der Waals surface area contributed by atoms with Crippen molar-refractivity contribution >= 4 is 39.5 Å². The molecule has 1 N–H and O–H groups in total.